The second-order valence-corrected chi connectivity index (χ2v) is 6.14. The van der Waals surface area contributed by atoms with Gasteiger partial charge in [-0.3, -0.25) is 4.79 Å². The second-order valence-electron chi connectivity index (χ2n) is 4.60. The van der Waals surface area contributed by atoms with Crippen molar-refractivity contribution < 1.29 is 14.3 Å². The number of esters is 1. The van der Waals surface area contributed by atoms with Gasteiger partial charge in [-0.2, -0.15) is 0 Å². The molecule has 0 aliphatic heterocycles. The van der Waals surface area contributed by atoms with Crippen LogP contribution in [0.15, 0.2) is 0 Å². The van der Waals surface area contributed by atoms with E-state index in [0.29, 0.717) is 6.42 Å². The molecule has 2 aliphatic carbocycles. The Kier molecular flexibility index (Phi) is 3.67. The third-order valence-electron chi connectivity index (χ3n) is 3.30. The van der Waals surface area contributed by atoms with E-state index in [1.54, 1.807) is 7.11 Å². The molecule has 2 saturated carbocycles. The van der Waals surface area contributed by atoms with Crippen molar-refractivity contribution in [2.75, 3.05) is 7.11 Å². The van der Waals surface area contributed by atoms with Gasteiger partial charge >= 0.3 is 5.97 Å². The Hall–Kier alpha value is 0.01000. The zero-order chi connectivity index (χ0) is 11.8. The lowest BCUT2D eigenvalue weighted by Gasteiger charge is -2.27. The van der Waals surface area contributed by atoms with Crippen LogP contribution < -0.4 is 0 Å². The summed E-state index contributed by atoms with van der Waals surface area (Å²) in [4.78, 5) is 11.7. The van der Waals surface area contributed by atoms with Crippen LogP contribution in [0, 0.1) is 5.92 Å². The fraction of sp³-hybridized carbons (Fsp3) is 0.909. The Labute approximate surface area is 105 Å². The number of carbonyl (C=O) groups excluding carboxylic acids is 1. The SMILES string of the molecule is CO[C@@H]1CCC[C@@H](OC(=O)[C@@H]2CC2(Cl)Cl)C1. The number of hydrogen-bond donors (Lipinski definition) is 0. The summed E-state index contributed by atoms with van der Waals surface area (Å²) in [5, 5.41) is 0. The van der Waals surface area contributed by atoms with Crippen LogP contribution in [0.5, 0.6) is 0 Å². The van der Waals surface area contributed by atoms with Gasteiger partial charge in [0.05, 0.1) is 12.0 Å². The van der Waals surface area contributed by atoms with Crippen molar-refractivity contribution in [1.29, 1.82) is 0 Å². The Bertz CT molecular complexity index is 280. The van der Waals surface area contributed by atoms with Gasteiger partial charge < -0.3 is 9.47 Å². The van der Waals surface area contributed by atoms with E-state index in [4.69, 9.17) is 32.7 Å². The third kappa shape index (κ3) is 2.82. The Morgan fingerprint density at radius 1 is 1.31 bits per heavy atom. The molecule has 0 unspecified atom stereocenters. The third-order valence-corrected chi connectivity index (χ3v) is 4.14. The van der Waals surface area contributed by atoms with E-state index < -0.39 is 4.33 Å². The number of carbonyl (C=O) groups is 1. The van der Waals surface area contributed by atoms with Crippen molar-refractivity contribution in [3.63, 3.8) is 0 Å². The number of alkyl halides is 2. The van der Waals surface area contributed by atoms with Gasteiger partial charge in [0.15, 0.2) is 0 Å². The van der Waals surface area contributed by atoms with Crippen LogP contribution in [0.25, 0.3) is 0 Å². The fourth-order valence-electron chi connectivity index (χ4n) is 2.14. The highest BCUT2D eigenvalue weighted by molar-refractivity contribution is 6.52. The predicted octanol–water partition coefficient (Wildman–Crippen LogP) is 2.68. The maximum absolute atomic E-state index is 11.7. The van der Waals surface area contributed by atoms with E-state index in [-0.39, 0.29) is 24.1 Å². The zero-order valence-electron chi connectivity index (χ0n) is 9.25. The first-order valence-electron chi connectivity index (χ1n) is 5.64. The van der Waals surface area contributed by atoms with Gasteiger partial charge in [0.25, 0.3) is 0 Å². The van der Waals surface area contributed by atoms with Crippen LogP contribution in [0.4, 0.5) is 0 Å². The highest BCUT2D eigenvalue weighted by atomic mass is 35.5. The Morgan fingerprint density at radius 3 is 2.50 bits per heavy atom. The van der Waals surface area contributed by atoms with Crippen molar-refractivity contribution in [3.05, 3.63) is 0 Å². The van der Waals surface area contributed by atoms with Crippen LogP contribution in [0.3, 0.4) is 0 Å². The first-order valence-corrected chi connectivity index (χ1v) is 6.39. The van der Waals surface area contributed by atoms with Crippen LogP contribution in [0.1, 0.15) is 32.1 Å². The van der Waals surface area contributed by atoms with Crippen molar-refractivity contribution in [3.8, 4) is 0 Å². The molecule has 0 spiro atoms. The normalized spacial score (nSPS) is 36.8. The summed E-state index contributed by atoms with van der Waals surface area (Å²) in [6, 6.07) is 0. The number of ether oxygens (including phenoxy) is 2. The molecule has 16 heavy (non-hydrogen) atoms. The minimum atomic E-state index is -0.883. The highest BCUT2D eigenvalue weighted by Gasteiger charge is 2.57. The molecule has 2 fully saturated rings. The number of halogens is 2. The van der Waals surface area contributed by atoms with E-state index >= 15 is 0 Å². The smallest absolute Gasteiger partial charge is 0.312 e. The molecule has 3 atom stereocenters. The van der Waals surface area contributed by atoms with E-state index in [1.807, 2.05) is 0 Å². The molecule has 0 amide bonds. The Morgan fingerprint density at radius 2 is 1.94 bits per heavy atom. The summed E-state index contributed by atoms with van der Waals surface area (Å²) >= 11 is 11.6. The van der Waals surface area contributed by atoms with Gasteiger partial charge in [0, 0.05) is 13.5 Å². The molecule has 0 bridgehead atoms. The summed E-state index contributed by atoms with van der Waals surface area (Å²) < 4.78 is 9.79. The minimum absolute atomic E-state index is 0.0315. The molecule has 92 valence electrons. The quantitative estimate of drug-likeness (QED) is 0.582. The van der Waals surface area contributed by atoms with Crippen molar-refractivity contribution in [1.82, 2.24) is 0 Å². The first kappa shape index (κ1) is 12.5. The van der Waals surface area contributed by atoms with Crippen LogP contribution in [-0.4, -0.2) is 29.6 Å². The summed E-state index contributed by atoms with van der Waals surface area (Å²) in [5.41, 5.74) is 0. The number of rotatable bonds is 3. The molecule has 0 aromatic rings. The fourth-order valence-corrected chi connectivity index (χ4v) is 2.63. The summed E-state index contributed by atoms with van der Waals surface area (Å²) in [7, 11) is 1.69. The van der Waals surface area contributed by atoms with Crippen LogP contribution >= 0.6 is 23.2 Å². The Balaban J connectivity index is 1.79. The average Bonchev–Trinajstić information content (AvgIpc) is 2.88. The lowest BCUT2D eigenvalue weighted by Crippen LogP contribution is -2.30. The molecular weight excluding hydrogens is 251 g/mol. The van der Waals surface area contributed by atoms with Crippen LogP contribution in [0.2, 0.25) is 0 Å². The molecule has 0 N–H and O–H groups in total. The summed E-state index contributed by atoms with van der Waals surface area (Å²) in [6.07, 6.45) is 4.47. The largest absolute Gasteiger partial charge is 0.462 e. The monoisotopic (exact) mass is 266 g/mol. The molecule has 0 radical (unpaired) electrons. The lowest BCUT2D eigenvalue weighted by atomic mass is 9.95. The number of methoxy groups -OCH3 is 1. The van der Waals surface area contributed by atoms with Gasteiger partial charge in [0.2, 0.25) is 0 Å². The maximum Gasteiger partial charge on any atom is 0.312 e. The standard InChI is InChI=1S/C11H16Cl2O3/c1-15-7-3-2-4-8(5-7)16-10(14)9-6-11(9,12)13/h7-9H,2-6H2,1H3/t7-,8-,9+/m1/s1. The minimum Gasteiger partial charge on any atom is -0.462 e. The molecule has 2 rings (SSSR count). The topological polar surface area (TPSA) is 35.5 Å². The van der Waals surface area contributed by atoms with Gasteiger partial charge in [-0.15, -0.1) is 23.2 Å². The van der Waals surface area contributed by atoms with Crippen molar-refractivity contribution >= 4 is 29.2 Å². The first-order chi connectivity index (χ1) is 7.53. The number of hydrogen-bond acceptors (Lipinski definition) is 3. The molecule has 0 heterocycles. The van der Waals surface area contributed by atoms with Gasteiger partial charge in [0.1, 0.15) is 10.4 Å². The molecule has 2 aliphatic rings. The molecular formula is C11H16Cl2O3. The maximum atomic E-state index is 11.7. The van der Waals surface area contributed by atoms with Gasteiger partial charge in [-0.05, 0) is 25.7 Å². The second kappa shape index (κ2) is 4.71. The van der Waals surface area contributed by atoms with Gasteiger partial charge in [-0.25, -0.2) is 0 Å². The summed E-state index contributed by atoms with van der Waals surface area (Å²) in [5.74, 6) is -0.592. The predicted molar refractivity (Wildman–Crippen MR) is 61.7 cm³/mol. The molecule has 0 aromatic heterocycles. The average molecular weight is 267 g/mol. The van der Waals surface area contributed by atoms with Gasteiger partial charge in [-0.1, -0.05) is 0 Å². The van der Waals surface area contributed by atoms with E-state index in [9.17, 15) is 4.79 Å². The van der Waals surface area contributed by atoms with Crippen molar-refractivity contribution in [2.24, 2.45) is 5.92 Å². The highest BCUT2D eigenvalue weighted by Crippen LogP contribution is 2.53. The molecule has 3 nitrogen and oxygen atoms in total. The molecule has 5 heteroatoms. The zero-order valence-corrected chi connectivity index (χ0v) is 10.8. The van der Waals surface area contributed by atoms with E-state index in [2.05, 4.69) is 0 Å². The lowest BCUT2D eigenvalue weighted by molar-refractivity contribution is -0.154. The van der Waals surface area contributed by atoms with Crippen LogP contribution in [-0.2, 0) is 14.3 Å². The van der Waals surface area contributed by atoms with Crippen molar-refractivity contribution in [2.45, 2.75) is 48.6 Å². The molecule has 0 aromatic carbocycles. The summed E-state index contributed by atoms with van der Waals surface area (Å²) in [6.45, 7) is 0. The molecule has 0 saturated heterocycles. The van der Waals surface area contributed by atoms with E-state index in [0.717, 1.165) is 25.7 Å². The van der Waals surface area contributed by atoms with E-state index in [1.165, 1.54) is 0 Å².